The molecule has 3 heterocycles. The molecular formula is C24H19NO7. The molecule has 0 aliphatic carbocycles. The monoisotopic (exact) mass is 433 g/mol. The number of Topliss-reactive ketones (excluding diaryl/α,β-unsaturated/α-hetero) is 1. The van der Waals surface area contributed by atoms with Crippen molar-refractivity contribution in [3.8, 4) is 17.2 Å². The van der Waals surface area contributed by atoms with E-state index in [1.54, 1.807) is 49.4 Å². The first kappa shape index (κ1) is 19.7. The average molecular weight is 433 g/mol. The number of hydrogen-bond donors (Lipinski definition) is 2. The summed E-state index contributed by atoms with van der Waals surface area (Å²) in [7, 11) is 0. The molecule has 2 aliphatic heterocycles. The molecule has 8 heteroatoms. The van der Waals surface area contributed by atoms with Crippen LogP contribution in [0.15, 0.2) is 64.6 Å². The maximum Gasteiger partial charge on any atom is 0.300 e. The molecule has 1 unspecified atom stereocenters. The van der Waals surface area contributed by atoms with Crippen LogP contribution in [-0.4, -0.2) is 35.1 Å². The molecule has 2 aliphatic rings. The van der Waals surface area contributed by atoms with E-state index in [-0.39, 0.29) is 34.1 Å². The van der Waals surface area contributed by atoms with E-state index in [0.29, 0.717) is 30.5 Å². The fraction of sp³-hybridized carbons (Fsp3) is 0.167. The summed E-state index contributed by atoms with van der Waals surface area (Å²) in [6, 6.07) is 13.2. The summed E-state index contributed by atoms with van der Waals surface area (Å²) in [5, 5.41) is 21.5. The summed E-state index contributed by atoms with van der Waals surface area (Å²) in [6.07, 6.45) is 0. The quantitative estimate of drug-likeness (QED) is 0.368. The number of anilines is 1. The molecule has 0 radical (unpaired) electrons. The summed E-state index contributed by atoms with van der Waals surface area (Å²) in [6.45, 7) is 2.51. The highest BCUT2D eigenvalue weighted by Crippen LogP contribution is 2.45. The Kier molecular flexibility index (Phi) is 4.62. The van der Waals surface area contributed by atoms with Gasteiger partial charge in [0.15, 0.2) is 11.5 Å². The van der Waals surface area contributed by atoms with Gasteiger partial charge in [-0.1, -0.05) is 12.1 Å². The number of ether oxygens (including phenoxy) is 2. The normalized spacial score (nSPS) is 19.4. The van der Waals surface area contributed by atoms with Crippen LogP contribution in [0.25, 0.3) is 5.76 Å². The van der Waals surface area contributed by atoms with Crippen molar-refractivity contribution in [3.05, 3.63) is 77.3 Å². The molecule has 1 aromatic heterocycles. The summed E-state index contributed by atoms with van der Waals surface area (Å²) >= 11 is 0. The van der Waals surface area contributed by atoms with Crippen molar-refractivity contribution in [3.63, 3.8) is 0 Å². The first-order chi connectivity index (χ1) is 15.5. The largest absolute Gasteiger partial charge is 0.507 e. The zero-order chi connectivity index (χ0) is 22.4. The number of ketones is 1. The number of aryl methyl sites for hydroxylation is 1. The molecule has 32 heavy (non-hydrogen) atoms. The lowest BCUT2D eigenvalue weighted by molar-refractivity contribution is -0.132. The highest BCUT2D eigenvalue weighted by molar-refractivity contribution is 6.51. The van der Waals surface area contributed by atoms with Gasteiger partial charge in [0.05, 0.1) is 11.3 Å². The third-order valence-electron chi connectivity index (χ3n) is 5.43. The number of phenols is 1. The van der Waals surface area contributed by atoms with E-state index in [0.717, 1.165) is 4.90 Å². The Balaban J connectivity index is 1.70. The molecule has 2 N–H and O–H groups in total. The van der Waals surface area contributed by atoms with Gasteiger partial charge in [0, 0.05) is 5.56 Å². The van der Waals surface area contributed by atoms with E-state index in [2.05, 4.69) is 0 Å². The fourth-order valence-corrected chi connectivity index (χ4v) is 3.96. The van der Waals surface area contributed by atoms with Crippen LogP contribution in [0.2, 0.25) is 0 Å². The number of carbonyl (C=O) groups is 2. The zero-order valence-corrected chi connectivity index (χ0v) is 17.1. The topological polar surface area (TPSA) is 109 Å². The SMILES string of the molecule is Cc1ccc(C2/C(=C(/O)c3ccc4c(c3)OCCO4)C(=O)C(=O)N2c2ccccc2O)o1. The number of rotatable bonds is 3. The van der Waals surface area contributed by atoms with Crippen molar-refractivity contribution in [1.29, 1.82) is 0 Å². The van der Waals surface area contributed by atoms with Crippen LogP contribution in [0.4, 0.5) is 5.69 Å². The number of hydrogen-bond acceptors (Lipinski definition) is 7. The highest BCUT2D eigenvalue weighted by Gasteiger charge is 2.49. The maximum absolute atomic E-state index is 13.1. The third-order valence-corrected chi connectivity index (χ3v) is 5.43. The van der Waals surface area contributed by atoms with Gasteiger partial charge in [-0.2, -0.15) is 0 Å². The number of phenolic OH excluding ortho intramolecular Hbond substituents is 1. The molecule has 2 aromatic carbocycles. The van der Waals surface area contributed by atoms with E-state index in [1.165, 1.54) is 12.1 Å². The van der Waals surface area contributed by atoms with E-state index in [4.69, 9.17) is 13.9 Å². The number of para-hydroxylation sites is 2. The minimum Gasteiger partial charge on any atom is -0.507 e. The van der Waals surface area contributed by atoms with Gasteiger partial charge in [0.2, 0.25) is 0 Å². The van der Waals surface area contributed by atoms with Gasteiger partial charge < -0.3 is 24.1 Å². The van der Waals surface area contributed by atoms with Crippen molar-refractivity contribution >= 4 is 23.1 Å². The smallest absolute Gasteiger partial charge is 0.300 e. The van der Waals surface area contributed by atoms with Gasteiger partial charge in [0.1, 0.15) is 42.3 Å². The first-order valence-electron chi connectivity index (χ1n) is 10.0. The van der Waals surface area contributed by atoms with E-state index in [9.17, 15) is 19.8 Å². The van der Waals surface area contributed by atoms with Crippen molar-refractivity contribution in [2.24, 2.45) is 0 Å². The van der Waals surface area contributed by atoms with Crippen LogP contribution >= 0.6 is 0 Å². The highest BCUT2D eigenvalue weighted by atomic mass is 16.6. The second kappa shape index (κ2) is 7.49. The minimum absolute atomic E-state index is 0.134. The molecule has 0 spiro atoms. The Morgan fingerprint density at radius 1 is 1.00 bits per heavy atom. The summed E-state index contributed by atoms with van der Waals surface area (Å²) in [5.74, 6) is -0.517. The van der Waals surface area contributed by atoms with Crippen LogP contribution in [0.1, 0.15) is 23.1 Å². The summed E-state index contributed by atoms with van der Waals surface area (Å²) < 4.78 is 16.8. The number of nitrogens with zero attached hydrogens (tertiary/aromatic N) is 1. The first-order valence-corrected chi connectivity index (χ1v) is 10.0. The molecular weight excluding hydrogens is 414 g/mol. The number of furan rings is 1. The van der Waals surface area contributed by atoms with E-state index in [1.807, 2.05) is 0 Å². The number of aromatic hydroxyl groups is 1. The van der Waals surface area contributed by atoms with Gasteiger partial charge in [-0.05, 0) is 49.4 Å². The van der Waals surface area contributed by atoms with Gasteiger partial charge in [-0.15, -0.1) is 0 Å². The van der Waals surface area contributed by atoms with Crippen molar-refractivity contribution < 1.29 is 33.7 Å². The van der Waals surface area contributed by atoms with Crippen LogP contribution in [0.5, 0.6) is 17.2 Å². The Morgan fingerprint density at radius 3 is 2.47 bits per heavy atom. The van der Waals surface area contributed by atoms with Gasteiger partial charge in [-0.3, -0.25) is 14.5 Å². The molecule has 1 amide bonds. The van der Waals surface area contributed by atoms with Crippen LogP contribution < -0.4 is 14.4 Å². The van der Waals surface area contributed by atoms with Crippen LogP contribution in [-0.2, 0) is 9.59 Å². The number of carbonyl (C=O) groups excluding carboxylic acids is 2. The fourth-order valence-electron chi connectivity index (χ4n) is 3.96. The molecule has 8 nitrogen and oxygen atoms in total. The standard InChI is InChI=1S/C24H19NO7/c1-13-6-8-18(32-13)21-20(22(27)14-7-9-17-19(12-14)31-11-10-30-17)23(28)24(29)25(21)15-4-2-3-5-16(15)26/h2-9,12,21,26-27H,10-11H2,1H3/b22-20-. The second-order valence-electron chi connectivity index (χ2n) is 7.46. The molecule has 1 atom stereocenters. The van der Waals surface area contributed by atoms with Crippen LogP contribution in [0, 0.1) is 6.92 Å². The Bertz CT molecular complexity index is 1270. The molecule has 5 rings (SSSR count). The van der Waals surface area contributed by atoms with Gasteiger partial charge in [-0.25, -0.2) is 0 Å². The minimum atomic E-state index is -1.06. The van der Waals surface area contributed by atoms with Crippen LogP contribution in [0.3, 0.4) is 0 Å². The lowest BCUT2D eigenvalue weighted by atomic mass is 9.99. The molecule has 1 saturated heterocycles. The Morgan fingerprint density at radius 2 is 1.75 bits per heavy atom. The average Bonchev–Trinajstić information content (AvgIpc) is 3.34. The number of benzene rings is 2. The van der Waals surface area contributed by atoms with Crippen molar-refractivity contribution in [1.82, 2.24) is 0 Å². The van der Waals surface area contributed by atoms with E-state index < -0.39 is 17.7 Å². The third kappa shape index (κ3) is 3.08. The summed E-state index contributed by atoms with van der Waals surface area (Å²) in [5.41, 5.74) is 0.275. The predicted octanol–water partition coefficient (Wildman–Crippen LogP) is 3.69. The van der Waals surface area contributed by atoms with Crippen molar-refractivity contribution in [2.45, 2.75) is 13.0 Å². The maximum atomic E-state index is 13.1. The number of aliphatic hydroxyl groups excluding tert-OH is 1. The predicted molar refractivity (Wildman–Crippen MR) is 114 cm³/mol. The van der Waals surface area contributed by atoms with Gasteiger partial charge >= 0.3 is 0 Å². The number of aliphatic hydroxyl groups is 1. The van der Waals surface area contributed by atoms with E-state index >= 15 is 0 Å². The summed E-state index contributed by atoms with van der Waals surface area (Å²) in [4.78, 5) is 27.3. The Labute approximate surface area is 182 Å². The molecule has 1 fully saturated rings. The zero-order valence-electron chi connectivity index (χ0n) is 17.1. The number of amides is 1. The van der Waals surface area contributed by atoms with Gasteiger partial charge in [0.25, 0.3) is 11.7 Å². The molecule has 3 aromatic rings. The Hall–Kier alpha value is -4.20. The molecule has 0 bridgehead atoms. The lowest BCUT2D eigenvalue weighted by Gasteiger charge is -2.24. The number of fused-ring (bicyclic) bond motifs is 1. The molecule has 162 valence electrons. The van der Waals surface area contributed by atoms with Crippen molar-refractivity contribution in [2.75, 3.05) is 18.1 Å². The lowest BCUT2D eigenvalue weighted by Crippen LogP contribution is -2.29. The molecule has 0 saturated carbocycles. The second-order valence-corrected chi connectivity index (χ2v) is 7.46.